The Balaban J connectivity index is 2.04. The average Bonchev–Trinajstić information content (AvgIpc) is 2.63. The fraction of sp³-hybridized carbons (Fsp3) is 0.263. The lowest BCUT2D eigenvalue weighted by Gasteiger charge is -2.16. The quantitative estimate of drug-likeness (QED) is 0.714. The number of rotatable bonds is 8. The van der Waals surface area contributed by atoms with E-state index in [2.05, 4.69) is 10.1 Å². The monoisotopic (exact) mass is 397 g/mol. The maximum atomic E-state index is 12.3. The minimum atomic E-state index is -4.88. The predicted octanol–water partition coefficient (Wildman–Crippen LogP) is 3.27. The number of para-hydroxylation sites is 1. The zero-order valence-electron chi connectivity index (χ0n) is 14.8. The van der Waals surface area contributed by atoms with Crippen LogP contribution in [0.5, 0.6) is 11.5 Å². The van der Waals surface area contributed by atoms with Crippen LogP contribution < -0.4 is 14.8 Å². The Hall–Kier alpha value is -3.23. The van der Waals surface area contributed by atoms with Crippen LogP contribution in [0.4, 0.5) is 13.2 Å². The number of amides is 1. The third-order valence-electron chi connectivity index (χ3n) is 3.85. The van der Waals surface area contributed by atoms with E-state index in [9.17, 15) is 27.9 Å². The molecule has 0 saturated carbocycles. The van der Waals surface area contributed by atoms with Gasteiger partial charge in [-0.3, -0.25) is 9.59 Å². The number of carbonyl (C=O) groups is 2. The molecule has 0 aliphatic heterocycles. The number of ether oxygens (including phenoxy) is 2. The smallest absolute Gasteiger partial charge is 0.496 e. The Morgan fingerprint density at radius 2 is 1.86 bits per heavy atom. The zero-order chi connectivity index (χ0) is 20.7. The molecule has 0 radical (unpaired) electrons. The second-order valence-electron chi connectivity index (χ2n) is 5.84. The van der Waals surface area contributed by atoms with E-state index in [4.69, 9.17) is 4.74 Å². The normalized spacial score (nSPS) is 12.1. The second kappa shape index (κ2) is 9.12. The molecular formula is C19H18F3NO5. The maximum Gasteiger partial charge on any atom is 0.573 e. The van der Waals surface area contributed by atoms with Gasteiger partial charge in [-0.15, -0.1) is 13.2 Å². The van der Waals surface area contributed by atoms with Crippen molar-refractivity contribution in [1.29, 1.82) is 0 Å². The number of hydrogen-bond donors (Lipinski definition) is 2. The molecule has 0 aliphatic rings. The van der Waals surface area contributed by atoms with Crippen LogP contribution in [0.3, 0.4) is 0 Å². The van der Waals surface area contributed by atoms with E-state index in [0.717, 1.165) is 12.1 Å². The highest BCUT2D eigenvalue weighted by molar-refractivity contribution is 5.94. The molecule has 2 N–H and O–H groups in total. The molecule has 6 nitrogen and oxygen atoms in total. The summed E-state index contributed by atoms with van der Waals surface area (Å²) in [6.07, 6.45) is -4.77. The molecule has 150 valence electrons. The first-order chi connectivity index (χ1) is 13.2. The molecule has 1 atom stereocenters. The first kappa shape index (κ1) is 21.1. The highest BCUT2D eigenvalue weighted by Gasteiger charge is 2.31. The summed E-state index contributed by atoms with van der Waals surface area (Å²) >= 11 is 0. The van der Waals surface area contributed by atoms with Crippen LogP contribution in [0.15, 0.2) is 48.5 Å². The summed E-state index contributed by atoms with van der Waals surface area (Å²) in [6.45, 7) is -0.212. The van der Waals surface area contributed by atoms with E-state index in [1.165, 1.54) is 19.2 Å². The fourth-order valence-corrected chi connectivity index (χ4v) is 2.54. The van der Waals surface area contributed by atoms with E-state index in [0.29, 0.717) is 11.3 Å². The summed E-state index contributed by atoms with van der Waals surface area (Å²) in [6, 6.07) is 11.4. The Kier molecular flexibility index (Phi) is 6.86. The average molecular weight is 397 g/mol. The third-order valence-corrected chi connectivity index (χ3v) is 3.85. The molecular weight excluding hydrogens is 379 g/mol. The number of benzene rings is 2. The van der Waals surface area contributed by atoms with Crippen LogP contribution in [0.1, 0.15) is 15.9 Å². The molecule has 0 aromatic heterocycles. The molecule has 0 saturated heterocycles. The van der Waals surface area contributed by atoms with Crippen molar-refractivity contribution in [2.75, 3.05) is 13.7 Å². The first-order valence-electron chi connectivity index (χ1n) is 8.18. The van der Waals surface area contributed by atoms with Crippen LogP contribution >= 0.6 is 0 Å². The van der Waals surface area contributed by atoms with Crippen LogP contribution in [-0.4, -0.2) is 37.0 Å². The molecule has 0 fully saturated rings. The van der Waals surface area contributed by atoms with Gasteiger partial charge in [0.2, 0.25) is 0 Å². The Morgan fingerprint density at radius 1 is 1.14 bits per heavy atom. The number of aliphatic carboxylic acids is 1. The predicted molar refractivity (Wildman–Crippen MR) is 93.3 cm³/mol. The summed E-state index contributed by atoms with van der Waals surface area (Å²) in [5, 5.41) is 11.8. The van der Waals surface area contributed by atoms with Crippen molar-refractivity contribution in [3.63, 3.8) is 0 Å². The molecule has 1 amide bonds. The van der Waals surface area contributed by atoms with E-state index >= 15 is 0 Å². The lowest BCUT2D eigenvalue weighted by molar-refractivity contribution is -0.274. The van der Waals surface area contributed by atoms with Gasteiger partial charge >= 0.3 is 12.3 Å². The largest absolute Gasteiger partial charge is 0.573 e. The van der Waals surface area contributed by atoms with Crippen molar-refractivity contribution in [3.8, 4) is 11.5 Å². The number of hydrogen-bond acceptors (Lipinski definition) is 4. The van der Waals surface area contributed by atoms with Crippen LogP contribution in [0.25, 0.3) is 0 Å². The highest BCUT2D eigenvalue weighted by Crippen LogP contribution is 2.24. The minimum absolute atomic E-state index is 0.0804. The number of alkyl halides is 3. The molecule has 0 heterocycles. The zero-order valence-corrected chi connectivity index (χ0v) is 14.8. The van der Waals surface area contributed by atoms with E-state index < -0.39 is 29.9 Å². The molecule has 2 aromatic rings. The van der Waals surface area contributed by atoms with Crippen molar-refractivity contribution in [1.82, 2.24) is 5.32 Å². The van der Waals surface area contributed by atoms with Gasteiger partial charge in [-0.05, 0) is 36.2 Å². The number of carboxylic acid groups (broad SMARTS) is 1. The summed E-state index contributed by atoms with van der Waals surface area (Å²) in [4.78, 5) is 23.7. The van der Waals surface area contributed by atoms with Gasteiger partial charge in [-0.1, -0.05) is 24.3 Å². The van der Waals surface area contributed by atoms with E-state index in [1.807, 2.05) is 0 Å². The van der Waals surface area contributed by atoms with Gasteiger partial charge in [0.05, 0.1) is 13.0 Å². The minimum Gasteiger partial charge on any atom is -0.496 e. The number of halogens is 3. The summed E-state index contributed by atoms with van der Waals surface area (Å²) in [5.74, 6) is -2.80. The first-order valence-corrected chi connectivity index (χ1v) is 8.18. The Labute approximate surface area is 158 Å². The summed E-state index contributed by atoms with van der Waals surface area (Å²) in [5.41, 5.74) is 0.579. The van der Waals surface area contributed by atoms with E-state index in [-0.39, 0.29) is 18.5 Å². The number of nitrogens with one attached hydrogen (secondary N) is 1. The molecule has 0 spiro atoms. The van der Waals surface area contributed by atoms with Gasteiger partial charge in [0.25, 0.3) is 5.91 Å². The molecule has 1 unspecified atom stereocenters. The van der Waals surface area contributed by atoms with Gasteiger partial charge in [-0.25, -0.2) is 0 Å². The Morgan fingerprint density at radius 3 is 2.50 bits per heavy atom. The van der Waals surface area contributed by atoms with Crippen LogP contribution in [-0.2, 0) is 11.2 Å². The SMILES string of the molecule is COc1ccccc1CC(CNC(=O)c1cccc(OC(F)(F)F)c1)C(=O)O. The van der Waals surface area contributed by atoms with Crippen LogP contribution in [0.2, 0.25) is 0 Å². The molecule has 9 heteroatoms. The molecule has 0 aliphatic carbocycles. The number of carboxylic acids is 1. The molecule has 28 heavy (non-hydrogen) atoms. The van der Waals surface area contributed by atoms with Crippen molar-refractivity contribution in [2.45, 2.75) is 12.8 Å². The fourth-order valence-electron chi connectivity index (χ4n) is 2.54. The van der Waals surface area contributed by atoms with Gasteiger partial charge in [0.1, 0.15) is 11.5 Å². The van der Waals surface area contributed by atoms with Crippen LogP contribution in [0, 0.1) is 5.92 Å². The van der Waals surface area contributed by atoms with Crippen molar-refractivity contribution in [2.24, 2.45) is 5.92 Å². The third kappa shape index (κ3) is 6.19. The lowest BCUT2D eigenvalue weighted by atomic mass is 9.98. The summed E-state index contributed by atoms with van der Waals surface area (Å²) in [7, 11) is 1.46. The highest BCUT2D eigenvalue weighted by atomic mass is 19.4. The van der Waals surface area contributed by atoms with Crippen molar-refractivity contribution < 1.29 is 37.3 Å². The van der Waals surface area contributed by atoms with Gasteiger partial charge in [-0.2, -0.15) is 0 Å². The Bertz CT molecular complexity index is 838. The topological polar surface area (TPSA) is 84.9 Å². The summed E-state index contributed by atoms with van der Waals surface area (Å²) < 4.78 is 45.8. The number of methoxy groups -OCH3 is 1. The van der Waals surface area contributed by atoms with Gasteiger partial charge in [0.15, 0.2) is 0 Å². The maximum absolute atomic E-state index is 12.3. The van der Waals surface area contributed by atoms with Crippen molar-refractivity contribution >= 4 is 11.9 Å². The molecule has 2 rings (SSSR count). The van der Waals surface area contributed by atoms with E-state index in [1.54, 1.807) is 24.3 Å². The van der Waals surface area contributed by atoms with Gasteiger partial charge in [0, 0.05) is 12.1 Å². The van der Waals surface area contributed by atoms with Crippen molar-refractivity contribution in [3.05, 3.63) is 59.7 Å². The molecule has 0 bridgehead atoms. The molecule has 2 aromatic carbocycles. The second-order valence-corrected chi connectivity index (χ2v) is 5.84. The standard InChI is InChI=1S/C19H18F3NO5/c1-27-16-8-3-2-5-12(16)9-14(18(25)26)11-23-17(24)13-6-4-7-15(10-13)28-19(20,21)22/h2-8,10,14H,9,11H2,1H3,(H,23,24)(H,25,26). The van der Waals surface area contributed by atoms with Gasteiger partial charge < -0.3 is 19.9 Å². The number of carbonyl (C=O) groups excluding carboxylic acids is 1. The lowest BCUT2D eigenvalue weighted by Crippen LogP contribution is -2.34.